The number of hydrogen-bond acceptors (Lipinski definition) is 3. The van der Waals surface area contributed by atoms with E-state index in [2.05, 4.69) is 5.32 Å². The second kappa shape index (κ2) is 3.08. The predicted molar refractivity (Wildman–Crippen MR) is 53.0 cm³/mol. The molecule has 3 unspecified atom stereocenters. The van der Waals surface area contributed by atoms with Gasteiger partial charge >= 0.3 is 0 Å². The first kappa shape index (κ1) is 10.2. The van der Waals surface area contributed by atoms with Gasteiger partial charge in [-0.15, -0.1) is 12.4 Å². The number of carbonyl (C=O) groups excluding carboxylic acids is 1. The Balaban J connectivity index is 0.000000750. The van der Waals surface area contributed by atoms with E-state index in [1.165, 1.54) is 11.5 Å². The monoisotopic (exact) mass is 218 g/mol. The summed E-state index contributed by atoms with van der Waals surface area (Å²) >= 11 is 0. The molecular formula is C9H15ClN2O2. The fraction of sp³-hybridized carbons (Fsp3) is 0.889. The molecule has 2 heterocycles. The summed E-state index contributed by atoms with van der Waals surface area (Å²) in [5.74, 6) is 0.846. The summed E-state index contributed by atoms with van der Waals surface area (Å²) in [4.78, 5) is 17.1. The zero-order chi connectivity index (χ0) is 9.05. The van der Waals surface area contributed by atoms with Crippen LogP contribution >= 0.6 is 12.4 Å². The first-order valence-corrected chi connectivity index (χ1v) is 4.89. The molecule has 0 radical (unpaired) electrons. The standard InChI is InChI=1S/C9H14N2O2.ClH/c1-11-8(12)4-9(13-11)3-6-2-7(9)10-5-6;/h6-7,10H,2-5H2,1H3;1H. The van der Waals surface area contributed by atoms with E-state index in [-0.39, 0.29) is 23.9 Å². The van der Waals surface area contributed by atoms with Gasteiger partial charge in [0.2, 0.25) is 5.91 Å². The van der Waals surface area contributed by atoms with Crippen molar-refractivity contribution in [1.82, 2.24) is 10.4 Å². The minimum absolute atomic E-state index is 0. The van der Waals surface area contributed by atoms with Gasteiger partial charge < -0.3 is 5.32 Å². The van der Waals surface area contributed by atoms with Crippen LogP contribution in [0.2, 0.25) is 0 Å². The van der Waals surface area contributed by atoms with Crippen molar-refractivity contribution in [3.63, 3.8) is 0 Å². The van der Waals surface area contributed by atoms with Gasteiger partial charge in [-0.1, -0.05) is 0 Å². The fourth-order valence-electron chi connectivity index (χ4n) is 3.02. The second-order valence-electron chi connectivity index (χ2n) is 4.49. The quantitative estimate of drug-likeness (QED) is 0.637. The summed E-state index contributed by atoms with van der Waals surface area (Å²) in [5, 5.41) is 4.83. The van der Waals surface area contributed by atoms with Crippen LogP contribution in [0.1, 0.15) is 19.3 Å². The molecule has 3 rings (SSSR count). The lowest BCUT2D eigenvalue weighted by Crippen LogP contribution is -2.48. The highest BCUT2D eigenvalue weighted by molar-refractivity contribution is 5.85. The lowest BCUT2D eigenvalue weighted by Gasteiger charge is -2.31. The third-order valence-corrected chi connectivity index (χ3v) is 3.61. The van der Waals surface area contributed by atoms with Crippen LogP contribution in [0.5, 0.6) is 0 Å². The summed E-state index contributed by atoms with van der Waals surface area (Å²) in [6, 6.07) is 0.409. The first-order valence-electron chi connectivity index (χ1n) is 4.89. The van der Waals surface area contributed by atoms with Crippen LogP contribution < -0.4 is 5.32 Å². The van der Waals surface area contributed by atoms with Crippen molar-refractivity contribution in [2.24, 2.45) is 5.92 Å². The molecule has 80 valence electrons. The maximum Gasteiger partial charge on any atom is 0.248 e. The van der Waals surface area contributed by atoms with E-state index in [9.17, 15) is 4.79 Å². The Morgan fingerprint density at radius 1 is 1.64 bits per heavy atom. The molecule has 0 aromatic heterocycles. The highest BCUT2D eigenvalue weighted by Gasteiger charge is 2.57. The highest BCUT2D eigenvalue weighted by Crippen LogP contribution is 2.46. The van der Waals surface area contributed by atoms with Gasteiger partial charge in [-0.2, -0.15) is 0 Å². The minimum Gasteiger partial charge on any atom is -0.311 e. The molecule has 2 bridgehead atoms. The molecular weight excluding hydrogens is 204 g/mol. The van der Waals surface area contributed by atoms with Crippen LogP contribution in [-0.2, 0) is 9.63 Å². The van der Waals surface area contributed by atoms with E-state index >= 15 is 0 Å². The predicted octanol–water partition coefficient (Wildman–Crippen LogP) is 0.322. The number of hydroxylamine groups is 2. The van der Waals surface area contributed by atoms with E-state index in [1.54, 1.807) is 7.05 Å². The number of hydrogen-bond donors (Lipinski definition) is 1. The third-order valence-electron chi connectivity index (χ3n) is 3.61. The molecule has 1 aliphatic carbocycles. The molecule has 3 aliphatic rings. The number of piperidine rings is 1. The number of amides is 1. The van der Waals surface area contributed by atoms with Crippen LogP contribution in [-0.4, -0.2) is 36.2 Å². The summed E-state index contributed by atoms with van der Waals surface area (Å²) in [6.45, 7) is 1.10. The SMILES string of the molecule is CN1OC2(CC1=O)CC1CNC2C1.Cl. The fourth-order valence-corrected chi connectivity index (χ4v) is 3.02. The molecule has 4 nitrogen and oxygen atoms in total. The molecule has 3 fully saturated rings. The van der Waals surface area contributed by atoms with Crippen molar-refractivity contribution in [2.75, 3.05) is 13.6 Å². The Labute approximate surface area is 89.3 Å². The second-order valence-corrected chi connectivity index (χ2v) is 4.49. The van der Waals surface area contributed by atoms with Gasteiger partial charge in [-0.3, -0.25) is 9.63 Å². The van der Waals surface area contributed by atoms with E-state index in [0.29, 0.717) is 12.5 Å². The van der Waals surface area contributed by atoms with Crippen LogP contribution in [0.3, 0.4) is 0 Å². The van der Waals surface area contributed by atoms with Gasteiger partial charge in [0, 0.05) is 13.1 Å². The highest BCUT2D eigenvalue weighted by atomic mass is 35.5. The number of nitrogens with zero attached hydrogens (tertiary/aromatic N) is 1. The number of halogens is 1. The van der Waals surface area contributed by atoms with Crippen molar-refractivity contribution < 1.29 is 9.63 Å². The minimum atomic E-state index is -0.186. The van der Waals surface area contributed by atoms with Gasteiger partial charge in [-0.05, 0) is 25.3 Å². The van der Waals surface area contributed by atoms with Crippen molar-refractivity contribution in [2.45, 2.75) is 30.9 Å². The Morgan fingerprint density at radius 2 is 2.43 bits per heavy atom. The maximum absolute atomic E-state index is 11.4. The van der Waals surface area contributed by atoms with Gasteiger partial charge in [-0.25, -0.2) is 5.06 Å². The van der Waals surface area contributed by atoms with Gasteiger partial charge in [0.15, 0.2) is 0 Å². The molecule has 2 saturated heterocycles. The van der Waals surface area contributed by atoms with Gasteiger partial charge in [0.25, 0.3) is 0 Å². The number of carbonyl (C=O) groups is 1. The molecule has 3 atom stereocenters. The van der Waals surface area contributed by atoms with Gasteiger partial charge in [0.05, 0.1) is 6.42 Å². The molecule has 1 N–H and O–H groups in total. The van der Waals surface area contributed by atoms with E-state index in [4.69, 9.17) is 4.84 Å². The molecule has 1 spiro atoms. The van der Waals surface area contributed by atoms with Crippen molar-refractivity contribution >= 4 is 18.3 Å². The lowest BCUT2D eigenvalue weighted by molar-refractivity contribution is -0.194. The number of nitrogens with one attached hydrogen (secondary N) is 1. The number of fused-ring (bicyclic) bond motifs is 3. The molecule has 0 aromatic carbocycles. The van der Waals surface area contributed by atoms with Crippen molar-refractivity contribution in [3.05, 3.63) is 0 Å². The van der Waals surface area contributed by atoms with Crippen molar-refractivity contribution in [1.29, 1.82) is 0 Å². The van der Waals surface area contributed by atoms with E-state index < -0.39 is 0 Å². The largest absolute Gasteiger partial charge is 0.311 e. The average molecular weight is 219 g/mol. The number of rotatable bonds is 0. The molecule has 0 aromatic rings. The van der Waals surface area contributed by atoms with Crippen LogP contribution in [0.15, 0.2) is 0 Å². The summed E-state index contributed by atoms with van der Waals surface area (Å²) < 4.78 is 0. The summed E-state index contributed by atoms with van der Waals surface area (Å²) in [7, 11) is 1.71. The van der Waals surface area contributed by atoms with E-state index in [0.717, 1.165) is 18.9 Å². The molecule has 14 heavy (non-hydrogen) atoms. The average Bonchev–Trinajstić information content (AvgIpc) is 2.68. The first-order chi connectivity index (χ1) is 6.20. The Kier molecular flexibility index (Phi) is 2.25. The third kappa shape index (κ3) is 1.17. The summed E-state index contributed by atoms with van der Waals surface area (Å²) in [6.07, 6.45) is 2.81. The van der Waals surface area contributed by atoms with Gasteiger partial charge in [0.1, 0.15) is 5.60 Å². The Bertz CT molecular complexity index is 274. The van der Waals surface area contributed by atoms with Crippen LogP contribution in [0, 0.1) is 5.92 Å². The molecule has 1 saturated carbocycles. The van der Waals surface area contributed by atoms with Crippen LogP contribution in [0.4, 0.5) is 0 Å². The molecule has 5 heteroatoms. The lowest BCUT2D eigenvalue weighted by atomic mass is 9.91. The molecule has 2 aliphatic heterocycles. The Hall–Kier alpha value is -0.320. The smallest absolute Gasteiger partial charge is 0.248 e. The topological polar surface area (TPSA) is 41.6 Å². The zero-order valence-electron chi connectivity index (χ0n) is 8.16. The van der Waals surface area contributed by atoms with Crippen LogP contribution in [0.25, 0.3) is 0 Å². The van der Waals surface area contributed by atoms with Crippen molar-refractivity contribution in [3.8, 4) is 0 Å². The molecule has 1 amide bonds. The zero-order valence-corrected chi connectivity index (χ0v) is 8.97. The normalized spacial score (nSPS) is 44.9. The summed E-state index contributed by atoms with van der Waals surface area (Å²) in [5.41, 5.74) is -0.186. The van der Waals surface area contributed by atoms with E-state index in [1.807, 2.05) is 0 Å². The maximum atomic E-state index is 11.4. The Morgan fingerprint density at radius 3 is 2.86 bits per heavy atom.